The first-order valence-corrected chi connectivity index (χ1v) is 14.4. The Morgan fingerprint density at radius 1 is 1.29 bits per heavy atom. The first-order chi connectivity index (χ1) is 19.2. The minimum absolute atomic E-state index is 0.00921. The molecule has 1 aromatic heterocycles. The predicted octanol–water partition coefficient (Wildman–Crippen LogP) is 1.53. The number of oxime groups is 1. The van der Waals surface area contributed by atoms with Gasteiger partial charge in [0.15, 0.2) is 10.8 Å². The van der Waals surface area contributed by atoms with Gasteiger partial charge in [-0.2, -0.15) is 0 Å². The average Bonchev–Trinajstić information content (AvgIpc) is 3.26. The molecule has 2 amide bonds. The van der Waals surface area contributed by atoms with E-state index >= 15 is 0 Å². The molecule has 2 aliphatic heterocycles. The quantitative estimate of drug-likeness (QED) is 0.121. The van der Waals surface area contributed by atoms with Gasteiger partial charge in [0.2, 0.25) is 5.60 Å². The number of nitrogen functional groups attached to an aromatic ring is 1. The number of carboxylic acid groups (broad SMARTS) is 2. The lowest BCUT2D eigenvalue weighted by molar-refractivity contribution is -0.178. The Labute approximate surface area is 242 Å². The maximum absolute atomic E-state index is 13.4. The van der Waals surface area contributed by atoms with Gasteiger partial charge in [-0.25, -0.2) is 14.6 Å². The smallest absolute Gasteiger partial charge is 0.478 e. The summed E-state index contributed by atoms with van der Waals surface area (Å²) in [7, 11) is 0. The standard InChI is InChI=1S/C24H29N5O10S2/c1-11(30)37-8-12-9-40-19-16(18(32)29(19)14(12)7-23(2,3)38-22(35)36)27-17(31)15(13-10-41-21(25)26-13)28-39-24(20(33)34)5-4-6-24/h10,16,19H,4-9H2,1-3H3,(H2,25,26)(H,27,31)(H,33,34)(H,35,36)/b28-15-/t16-,19-/m1/s1. The van der Waals surface area contributed by atoms with Gasteiger partial charge >= 0.3 is 18.1 Å². The van der Waals surface area contributed by atoms with Crippen molar-refractivity contribution in [3.63, 3.8) is 0 Å². The van der Waals surface area contributed by atoms with Gasteiger partial charge in [0.25, 0.3) is 11.8 Å². The van der Waals surface area contributed by atoms with Gasteiger partial charge in [0.1, 0.15) is 29.3 Å². The molecule has 3 aliphatic rings. The molecular formula is C24H29N5O10S2. The number of nitrogens with two attached hydrogens (primary N) is 1. The second kappa shape index (κ2) is 11.6. The van der Waals surface area contributed by atoms with Crippen molar-refractivity contribution >= 4 is 63.9 Å². The predicted molar refractivity (Wildman–Crippen MR) is 145 cm³/mol. The van der Waals surface area contributed by atoms with E-state index in [4.69, 9.17) is 25.2 Å². The fourth-order valence-corrected chi connectivity index (χ4v) is 6.41. The van der Waals surface area contributed by atoms with Crippen LogP contribution in [0.4, 0.5) is 9.93 Å². The molecule has 2 atom stereocenters. The Hall–Kier alpha value is -3.86. The zero-order valence-electron chi connectivity index (χ0n) is 22.4. The molecule has 15 nitrogen and oxygen atoms in total. The highest BCUT2D eigenvalue weighted by Crippen LogP contribution is 2.43. The number of aliphatic carboxylic acids is 1. The third kappa shape index (κ3) is 6.40. The lowest BCUT2D eigenvalue weighted by Crippen LogP contribution is -2.70. The normalized spacial score (nSPS) is 21.7. The summed E-state index contributed by atoms with van der Waals surface area (Å²) in [4.78, 5) is 71.9. The first kappa shape index (κ1) is 30.1. The average molecular weight is 612 g/mol. The number of nitrogens with zero attached hydrogens (tertiary/aromatic N) is 3. The summed E-state index contributed by atoms with van der Waals surface area (Å²) in [6.45, 7) is 4.25. The van der Waals surface area contributed by atoms with E-state index in [0.717, 1.165) is 11.3 Å². The van der Waals surface area contributed by atoms with Gasteiger partial charge in [0, 0.05) is 43.0 Å². The number of rotatable bonds is 11. The van der Waals surface area contributed by atoms with Crippen LogP contribution in [0.15, 0.2) is 21.8 Å². The van der Waals surface area contributed by atoms with Crippen LogP contribution in [0, 0.1) is 0 Å². The van der Waals surface area contributed by atoms with Crippen LogP contribution in [0.3, 0.4) is 0 Å². The van der Waals surface area contributed by atoms with Crippen LogP contribution in [0.5, 0.6) is 0 Å². The van der Waals surface area contributed by atoms with Crippen LogP contribution in [-0.2, 0) is 33.5 Å². The number of thioether (sulfide) groups is 1. The van der Waals surface area contributed by atoms with E-state index in [-0.39, 0.29) is 42.4 Å². The maximum atomic E-state index is 13.4. The van der Waals surface area contributed by atoms with Crippen LogP contribution in [-0.4, -0.2) is 90.7 Å². The summed E-state index contributed by atoms with van der Waals surface area (Å²) >= 11 is 2.36. The summed E-state index contributed by atoms with van der Waals surface area (Å²) in [5.41, 5.74) is 3.73. The summed E-state index contributed by atoms with van der Waals surface area (Å²) in [6, 6.07) is -1.00. The van der Waals surface area contributed by atoms with E-state index in [1.807, 2.05) is 0 Å². The molecule has 3 heterocycles. The van der Waals surface area contributed by atoms with Gasteiger partial charge in [-0.3, -0.25) is 19.3 Å². The van der Waals surface area contributed by atoms with E-state index in [9.17, 15) is 29.1 Å². The fourth-order valence-electron chi connectivity index (χ4n) is 4.48. The van der Waals surface area contributed by atoms with E-state index in [0.29, 0.717) is 23.4 Å². The monoisotopic (exact) mass is 611 g/mol. The van der Waals surface area contributed by atoms with Crippen LogP contribution in [0.1, 0.15) is 52.1 Å². The molecule has 0 spiro atoms. The molecular weight excluding hydrogens is 582 g/mol. The molecule has 222 valence electrons. The van der Waals surface area contributed by atoms with E-state index in [1.165, 1.54) is 29.0 Å². The van der Waals surface area contributed by atoms with Gasteiger partial charge in [-0.15, -0.1) is 23.1 Å². The summed E-state index contributed by atoms with van der Waals surface area (Å²) in [6.07, 6.45) is -0.401. The van der Waals surface area contributed by atoms with Crippen molar-refractivity contribution < 1.29 is 48.5 Å². The van der Waals surface area contributed by atoms with Crippen LogP contribution >= 0.6 is 23.1 Å². The minimum atomic E-state index is -1.54. The summed E-state index contributed by atoms with van der Waals surface area (Å²) < 4.78 is 10.1. The zero-order chi connectivity index (χ0) is 30.1. The van der Waals surface area contributed by atoms with Crippen molar-refractivity contribution in [2.75, 3.05) is 18.1 Å². The molecule has 0 aromatic carbocycles. The lowest BCUT2D eigenvalue weighted by atomic mass is 9.80. The number of nitrogens with one attached hydrogen (secondary N) is 1. The largest absolute Gasteiger partial charge is 0.506 e. The van der Waals surface area contributed by atoms with Crippen molar-refractivity contribution in [2.24, 2.45) is 5.16 Å². The Kier molecular flexibility index (Phi) is 8.49. The number of fused-ring (bicyclic) bond motifs is 1. The number of hydrogen-bond acceptors (Lipinski definition) is 13. The SMILES string of the molecule is CC(=O)OCC1=C(CC(C)(C)OC(=O)O)N2C(=O)[C@@H](NC(=O)/C(=N\OC3(C(=O)O)CCC3)c3csc(N)n3)[C@H]2SC1. The number of amides is 2. The minimum Gasteiger partial charge on any atom is -0.478 e. The highest BCUT2D eigenvalue weighted by atomic mass is 32.2. The number of anilines is 1. The third-order valence-corrected chi connectivity index (χ3v) is 8.72. The van der Waals surface area contributed by atoms with Gasteiger partial charge in [-0.05, 0) is 25.8 Å². The van der Waals surface area contributed by atoms with Crippen molar-refractivity contribution in [3.05, 3.63) is 22.3 Å². The molecule has 0 radical (unpaired) electrons. The third-order valence-electron chi connectivity index (χ3n) is 6.71. The van der Waals surface area contributed by atoms with Crippen molar-refractivity contribution in [3.8, 4) is 0 Å². The maximum Gasteiger partial charge on any atom is 0.506 e. The lowest BCUT2D eigenvalue weighted by Gasteiger charge is -2.51. The highest BCUT2D eigenvalue weighted by Gasteiger charge is 2.54. The number of thiazole rings is 1. The number of carbonyl (C=O) groups excluding carboxylic acids is 3. The second-order valence-corrected chi connectivity index (χ2v) is 12.2. The van der Waals surface area contributed by atoms with Crippen LogP contribution in [0.25, 0.3) is 0 Å². The van der Waals surface area contributed by atoms with Crippen molar-refractivity contribution in [1.82, 2.24) is 15.2 Å². The van der Waals surface area contributed by atoms with Gasteiger partial charge in [-0.1, -0.05) is 5.16 Å². The van der Waals surface area contributed by atoms with Crippen LogP contribution in [0.2, 0.25) is 0 Å². The Bertz CT molecular complexity index is 1340. The summed E-state index contributed by atoms with van der Waals surface area (Å²) in [5.74, 6) is -2.70. The molecule has 1 saturated heterocycles. The number of esters is 1. The van der Waals surface area contributed by atoms with Gasteiger partial charge in [0.05, 0.1) is 0 Å². The van der Waals surface area contributed by atoms with E-state index in [1.54, 1.807) is 13.8 Å². The molecule has 0 unspecified atom stereocenters. The molecule has 41 heavy (non-hydrogen) atoms. The Morgan fingerprint density at radius 2 is 2.00 bits per heavy atom. The molecule has 17 heteroatoms. The van der Waals surface area contributed by atoms with E-state index < -0.39 is 52.5 Å². The first-order valence-electron chi connectivity index (χ1n) is 12.5. The van der Waals surface area contributed by atoms with E-state index in [2.05, 4.69) is 15.5 Å². The topological polar surface area (TPSA) is 220 Å². The van der Waals surface area contributed by atoms with Gasteiger partial charge < -0.3 is 35.6 Å². The highest BCUT2D eigenvalue weighted by molar-refractivity contribution is 8.00. The number of β-lactam (4-membered cyclic amide) rings is 1. The second-order valence-electron chi connectivity index (χ2n) is 10.3. The van der Waals surface area contributed by atoms with Crippen molar-refractivity contribution in [1.29, 1.82) is 0 Å². The van der Waals surface area contributed by atoms with Crippen molar-refractivity contribution in [2.45, 2.75) is 69.1 Å². The molecule has 2 fully saturated rings. The molecule has 1 aromatic rings. The van der Waals surface area contributed by atoms with Crippen LogP contribution < -0.4 is 11.1 Å². The Balaban J connectivity index is 1.56. The molecule has 1 saturated carbocycles. The molecule has 4 rings (SSSR count). The fraction of sp³-hybridized carbons (Fsp3) is 0.542. The molecule has 1 aliphatic carbocycles. The number of carbonyl (C=O) groups is 5. The molecule has 5 N–H and O–H groups in total. The number of hydrogen-bond donors (Lipinski definition) is 4. The summed E-state index contributed by atoms with van der Waals surface area (Å²) in [5, 5.41) is 26.2. The molecule has 0 bridgehead atoms. The zero-order valence-corrected chi connectivity index (χ0v) is 24.0. The number of carboxylic acids is 1. The number of ether oxygens (including phenoxy) is 2. The number of aromatic nitrogens is 1. The Morgan fingerprint density at radius 3 is 2.54 bits per heavy atom.